The second-order valence-electron chi connectivity index (χ2n) is 4.26. The lowest BCUT2D eigenvalue weighted by atomic mass is 9.78. The first kappa shape index (κ1) is 8.54. The Kier molecular flexibility index (Phi) is 1.98. The predicted octanol–water partition coefficient (Wildman–Crippen LogP) is 2.74. The summed E-state index contributed by atoms with van der Waals surface area (Å²) in [6.45, 7) is 4.36. The van der Waals surface area contributed by atoms with Crippen LogP contribution in [0.5, 0.6) is 0 Å². The van der Waals surface area contributed by atoms with E-state index in [4.69, 9.17) is 0 Å². The maximum Gasteiger partial charge on any atom is 0.126 e. The van der Waals surface area contributed by atoms with Gasteiger partial charge in [-0.25, -0.2) is 4.98 Å². The van der Waals surface area contributed by atoms with Gasteiger partial charge in [0.15, 0.2) is 0 Å². The van der Waals surface area contributed by atoms with Crippen molar-refractivity contribution >= 4 is 5.82 Å². The highest BCUT2D eigenvalue weighted by molar-refractivity contribution is 5.40. The highest BCUT2D eigenvalue weighted by Gasteiger charge is 2.31. The minimum atomic E-state index is 0.306. The van der Waals surface area contributed by atoms with Crippen molar-refractivity contribution in [2.75, 3.05) is 5.32 Å². The Morgan fingerprint density at radius 3 is 2.77 bits per heavy atom. The molecule has 1 aliphatic carbocycles. The van der Waals surface area contributed by atoms with Crippen molar-refractivity contribution < 1.29 is 0 Å². The molecule has 0 atom stereocenters. The number of hydrogen-bond acceptors (Lipinski definition) is 2. The van der Waals surface area contributed by atoms with Crippen LogP contribution in [-0.4, -0.2) is 10.5 Å². The zero-order valence-corrected chi connectivity index (χ0v) is 8.30. The van der Waals surface area contributed by atoms with Crippen molar-refractivity contribution in [3.63, 3.8) is 0 Å². The van der Waals surface area contributed by atoms with Gasteiger partial charge < -0.3 is 5.32 Å². The number of hydrogen-bond donors (Lipinski definition) is 1. The molecule has 1 heterocycles. The van der Waals surface area contributed by atoms with Crippen molar-refractivity contribution in [1.29, 1.82) is 0 Å². The van der Waals surface area contributed by atoms with E-state index in [2.05, 4.69) is 30.2 Å². The maximum absolute atomic E-state index is 4.30. The van der Waals surface area contributed by atoms with Crippen molar-refractivity contribution in [1.82, 2.24) is 4.98 Å². The Morgan fingerprint density at radius 2 is 2.23 bits per heavy atom. The number of aryl methyl sites for hydroxylation is 1. The molecule has 1 saturated carbocycles. The summed E-state index contributed by atoms with van der Waals surface area (Å²) in [6.07, 6.45) is 5.74. The van der Waals surface area contributed by atoms with Gasteiger partial charge in [0.25, 0.3) is 0 Å². The van der Waals surface area contributed by atoms with E-state index >= 15 is 0 Å². The molecular formula is C11H16N2. The SMILES string of the molecule is Cc1ccnc(NC2(C)CCC2)c1. The lowest BCUT2D eigenvalue weighted by Gasteiger charge is -2.39. The van der Waals surface area contributed by atoms with Gasteiger partial charge in [0, 0.05) is 11.7 Å². The highest BCUT2D eigenvalue weighted by Crippen LogP contribution is 2.34. The molecule has 1 fully saturated rings. The molecule has 1 aromatic rings. The van der Waals surface area contributed by atoms with Crippen molar-refractivity contribution in [2.45, 2.75) is 38.6 Å². The molecule has 0 amide bonds. The van der Waals surface area contributed by atoms with Crippen molar-refractivity contribution in [3.05, 3.63) is 23.9 Å². The minimum Gasteiger partial charge on any atom is -0.365 e. The molecule has 1 aromatic heterocycles. The van der Waals surface area contributed by atoms with E-state index in [0.29, 0.717) is 5.54 Å². The molecule has 2 heteroatoms. The summed E-state index contributed by atoms with van der Waals surface area (Å²) >= 11 is 0. The largest absolute Gasteiger partial charge is 0.365 e. The summed E-state index contributed by atoms with van der Waals surface area (Å²) in [5.74, 6) is 1.02. The summed E-state index contributed by atoms with van der Waals surface area (Å²) in [4.78, 5) is 4.30. The van der Waals surface area contributed by atoms with Gasteiger partial charge in [-0.2, -0.15) is 0 Å². The molecule has 0 aromatic carbocycles. The summed E-state index contributed by atoms with van der Waals surface area (Å²) in [5, 5.41) is 3.48. The normalized spacial score (nSPS) is 19.2. The van der Waals surface area contributed by atoms with E-state index in [1.807, 2.05) is 12.3 Å². The van der Waals surface area contributed by atoms with Crippen LogP contribution in [0.4, 0.5) is 5.82 Å². The number of aromatic nitrogens is 1. The quantitative estimate of drug-likeness (QED) is 0.749. The second kappa shape index (κ2) is 3.02. The third kappa shape index (κ3) is 1.82. The van der Waals surface area contributed by atoms with Gasteiger partial charge in [-0.05, 0) is 50.8 Å². The monoisotopic (exact) mass is 176 g/mol. The fourth-order valence-corrected chi connectivity index (χ4v) is 1.75. The third-order valence-electron chi connectivity index (χ3n) is 2.80. The van der Waals surface area contributed by atoms with Gasteiger partial charge in [0.2, 0.25) is 0 Å². The van der Waals surface area contributed by atoms with E-state index in [1.54, 1.807) is 0 Å². The van der Waals surface area contributed by atoms with Gasteiger partial charge in [0.1, 0.15) is 5.82 Å². The van der Waals surface area contributed by atoms with E-state index in [-0.39, 0.29) is 0 Å². The highest BCUT2D eigenvalue weighted by atomic mass is 15.1. The molecule has 70 valence electrons. The molecule has 0 bridgehead atoms. The van der Waals surface area contributed by atoms with E-state index in [9.17, 15) is 0 Å². The van der Waals surface area contributed by atoms with Gasteiger partial charge >= 0.3 is 0 Å². The fraction of sp³-hybridized carbons (Fsp3) is 0.545. The van der Waals surface area contributed by atoms with Gasteiger partial charge in [-0.15, -0.1) is 0 Å². The molecule has 2 nitrogen and oxygen atoms in total. The van der Waals surface area contributed by atoms with Crippen LogP contribution >= 0.6 is 0 Å². The fourth-order valence-electron chi connectivity index (χ4n) is 1.75. The Morgan fingerprint density at radius 1 is 1.46 bits per heavy atom. The number of anilines is 1. The maximum atomic E-state index is 4.30. The molecule has 0 unspecified atom stereocenters. The second-order valence-corrected chi connectivity index (χ2v) is 4.26. The summed E-state index contributed by atoms with van der Waals surface area (Å²) in [5.41, 5.74) is 1.57. The standard InChI is InChI=1S/C11H16N2/c1-9-4-7-12-10(8-9)13-11(2)5-3-6-11/h4,7-8H,3,5-6H2,1-2H3,(H,12,13). The first-order valence-electron chi connectivity index (χ1n) is 4.89. The number of pyridine rings is 1. The molecule has 1 N–H and O–H groups in total. The molecule has 2 rings (SSSR count). The van der Waals surface area contributed by atoms with Crippen LogP contribution in [0.2, 0.25) is 0 Å². The Balaban J connectivity index is 2.09. The number of nitrogens with one attached hydrogen (secondary N) is 1. The lowest BCUT2D eigenvalue weighted by Crippen LogP contribution is -2.41. The average molecular weight is 176 g/mol. The molecular weight excluding hydrogens is 160 g/mol. The summed E-state index contributed by atoms with van der Waals surface area (Å²) < 4.78 is 0. The van der Waals surface area contributed by atoms with Gasteiger partial charge in [-0.1, -0.05) is 0 Å². The van der Waals surface area contributed by atoms with Gasteiger partial charge in [-0.3, -0.25) is 0 Å². The van der Waals surface area contributed by atoms with Crippen LogP contribution in [0.3, 0.4) is 0 Å². The Labute approximate surface area is 79.4 Å². The summed E-state index contributed by atoms with van der Waals surface area (Å²) in [7, 11) is 0. The third-order valence-corrected chi connectivity index (χ3v) is 2.80. The van der Waals surface area contributed by atoms with E-state index in [1.165, 1.54) is 24.8 Å². The smallest absolute Gasteiger partial charge is 0.126 e. The van der Waals surface area contributed by atoms with Crippen LogP contribution in [0.15, 0.2) is 18.3 Å². The lowest BCUT2D eigenvalue weighted by molar-refractivity contribution is 0.306. The van der Waals surface area contributed by atoms with Gasteiger partial charge in [0.05, 0.1) is 0 Å². The first-order chi connectivity index (χ1) is 6.18. The minimum absolute atomic E-state index is 0.306. The molecule has 0 spiro atoms. The topological polar surface area (TPSA) is 24.9 Å². The average Bonchev–Trinajstić information content (AvgIpc) is 2.01. The predicted molar refractivity (Wildman–Crippen MR) is 54.9 cm³/mol. The molecule has 1 aliphatic rings. The van der Waals surface area contributed by atoms with Crippen molar-refractivity contribution in [3.8, 4) is 0 Å². The van der Waals surface area contributed by atoms with E-state index < -0.39 is 0 Å². The Hall–Kier alpha value is -1.05. The van der Waals surface area contributed by atoms with Crippen LogP contribution in [0.1, 0.15) is 31.7 Å². The molecule has 13 heavy (non-hydrogen) atoms. The molecule has 0 radical (unpaired) electrons. The van der Waals surface area contributed by atoms with Crippen LogP contribution in [-0.2, 0) is 0 Å². The van der Waals surface area contributed by atoms with Crippen molar-refractivity contribution in [2.24, 2.45) is 0 Å². The van der Waals surface area contributed by atoms with Crippen LogP contribution in [0, 0.1) is 6.92 Å². The molecule has 0 saturated heterocycles. The number of rotatable bonds is 2. The van der Waals surface area contributed by atoms with Crippen LogP contribution < -0.4 is 5.32 Å². The Bertz CT molecular complexity index is 303. The summed E-state index contributed by atoms with van der Waals surface area (Å²) in [6, 6.07) is 4.12. The van der Waals surface area contributed by atoms with Crippen LogP contribution in [0.25, 0.3) is 0 Å². The van der Waals surface area contributed by atoms with E-state index in [0.717, 1.165) is 5.82 Å². The zero-order chi connectivity index (χ0) is 9.31. The zero-order valence-electron chi connectivity index (χ0n) is 8.30. The first-order valence-corrected chi connectivity index (χ1v) is 4.89. The molecule has 0 aliphatic heterocycles. The number of nitrogens with zero attached hydrogens (tertiary/aromatic N) is 1.